The maximum absolute atomic E-state index is 15.0. The van der Waals surface area contributed by atoms with Gasteiger partial charge in [-0.3, -0.25) is 13.9 Å². The van der Waals surface area contributed by atoms with E-state index in [0.29, 0.717) is 31.7 Å². The fraction of sp³-hybridized carbons (Fsp3) is 0.368. The van der Waals surface area contributed by atoms with E-state index in [2.05, 4.69) is 20.3 Å². The first-order chi connectivity index (χ1) is 15.4. The Morgan fingerprint density at radius 3 is 2.67 bits per heavy atom. The van der Waals surface area contributed by atoms with Crippen LogP contribution in [0.4, 0.5) is 23.2 Å². The van der Waals surface area contributed by atoms with Crippen LogP contribution in [0.1, 0.15) is 41.0 Å². The third-order valence-electron chi connectivity index (χ3n) is 5.84. The number of nitrogens with two attached hydrogens (primary N) is 1. The van der Waals surface area contributed by atoms with Gasteiger partial charge in [-0.1, -0.05) is 0 Å². The number of alkyl halides is 3. The molecule has 0 radical (unpaired) electrons. The largest absolute Gasteiger partial charge is 0.434 e. The number of fused-ring (bicyclic) bond motifs is 1. The Kier molecular flexibility index (Phi) is 5.49. The van der Waals surface area contributed by atoms with Crippen molar-refractivity contribution in [3.8, 4) is 0 Å². The van der Waals surface area contributed by atoms with Gasteiger partial charge in [0.05, 0.1) is 17.6 Å². The van der Waals surface area contributed by atoms with Crippen LogP contribution in [0.2, 0.25) is 0 Å². The SMILES string of the molecule is CN1C(N)=N[C@@]2(c3cc(NC(=O)c4cnc(C(F)(F)F)cn4)ccc3F)CCC[C@H]2S1(O)O. The van der Waals surface area contributed by atoms with Crippen molar-refractivity contribution in [2.45, 2.75) is 36.2 Å². The van der Waals surface area contributed by atoms with Crippen LogP contribution in [0.15, 0.2) is 35.6 Å². The molecule has 1 amide bonds. The lowest BCUT2D eigenvalue weighted by molar-refractivity contribution is -0.141. The highest BCUT2D eigenvalue weighted by atomic mass is 32.3. The summed E-state index contributed by atoms with van der Waals surface area (Å²) in [7, 11) is -2.00. The minimum absolute atomic E-state index is 0.0253. The molecule has 2 atom stereocenters. The summed E-state index contributed by atoms with van der Waals surface area (Å²) in [6.07, 6.45) is -2.35. The van der Waals surface area contributed by atoms with E-state index in [9.17, 15) is 31.5 Å². The molecule has 1 fully saturated rings. The van der Waals surface area contributed by atoms with E-state index in [1.807, 2.05) is 0 Å². The summed E-state index contributed by atoms with van der Waals surface area (Å²) >= 11 is 0. The molecule has 0 spiro atoms. The first kappa shape index (κ1) is 23.2. The summed E-state index contributed by atoms with van der Waals surface area (Å²) in [5.41, 5.74) is 3.09. The van der Waals surface area contributed by atoms with E-state index in [0.717, 1.165) is 10.4 Å². The van der Waals surface area contributed by atoms with Gasteiger partial charge in [0.25, 0.3) is 5.91 Å². The molecule has 0 bridgehead atoms. The van der Waals surface area contributed by atoms with Crippen molar-refractivity contribution < 1.29 is 31.5 Å². The van der Waals surface area contributed by atoms with Gasteiger partial charge in [0.15, 0.2) is 5.69 Å². The van der Waals surface area contributed by atoms with Gasteiger partial charge < -0.3 is 11.1 Å². The minimum Gasteiger partial charge on any atom is -0.369 e. The Hall–Kier alpha value is -2.97. The lowest BCUT2D eigenvalue weighted by atomic mass is 9.87. The minimum atomic E-state index is -4.70. The maximum atomic E-state index is 15.0. The van der Waals surface area contributed by atoms with E-state index >= 15 is 0 Å². The predicted molar refractivity (Wildman–Crippen MR) is 113 cm³/mol. The Morgan fingerprint density at radius 1 is 1.30 bits per heavy atom. The highest BCUT2D eigenvalue weighted by Crippen LogP contribution is 2.63. The van der Waals surface area contributed by atoms with E-state index in [4.69, 9.17) is 5.73 Å². The molecule has 1 saturated carbocycles. The molecule has 1 aliphatic carbocycles. The van der Waals surface area contributed by atoms with Crippen LogP contribution < -0.4 is 11.1 Å². The van der Waals surface area contributed by atoms with Crippen molar-refractivity contribution in [3.63, 3.8) is 0 Å². The fourth-order valence-electron chi connectivity index (χ4n) is 4.20. The van der Waals surface area contributed by atoms with E-state index in [-0.39, 0.29) is 22.9 Å². The number of hydrogen-bond acceptors (Lipinski definition) is 8. The highest BCUT2D eigenvalue weighted by Gasteiger charge is 2.56. The van der Waals surface area contributed by atoms with Gasteiger partial charge in [-0.15, -0.1) is 10.8 Å². The highest BCUT2D eigenvalue weighted by molar-refractivity contribution is 8.23. The quantitative estimate of drug-likeness (QED) is 0.485. The molecule has 2 aliphatic rings. The van der Waals surface area contributed by atoms with Gasteiger partial charge in [-0.25, -0.2) is 23.7 Å². The molecule has 1 aromatic heterocycles. The second kappa shape index (κ2) is 7.81. The fourth-order valence-corrected chi connectivity index (χ4v) is 6.20. The third-order valence-corrected chi connectivity index (χ3v) is 8.23. The van der Waals surface area contributed by atoms with Crippen LogP contribution in [-0.2, 0) is 11.7 Å². The Bertz CT molecular complexity index is 1130. The van der Waals surface area contributed by atoms with Gasteiger partial charge in [0.2, 0.25) is 5.96 Å². The number of guanidine groups is 1. The van der Waals surface area contributed by atoms with E-state index in [1.165, 1.54) is 19.2 Å². The van der Waals surface area contributed by atoms with Crippen LogP contribution in [0.5, 0.6) is 0 Å². The number of amides is 1. The molecule has 178 valence electrons. The summed E-state index contributed by atoms with van der Waals surface area (Å²) in [5, 5.41) is 1.63. The van der Waals surface area contributed by atoms with Crippen molar-refractivity contribution in [2.75, 3.05) is 12.4 Å². The molecule has 0 unspecified atom stereocenters. The molecule has 33 heavy (non-hydrogen) atoms. The third kappa shape index (κ3) is 3.87. The van der Waals surface area contributed by atoms with Crippen molar-refractivity contribution in [3.05, 3.63) is 53.4 Å². The van der Waals surface area contributed by atoms with Crippen LogP contribution >= 0.6 is 10.8 Å². The Morgan fingerprint density at radius 2 is 2.03 bits per heavy atom. The average Bonchev–Trinajstić information content (AvgIpc) is 3.19. The predicted octanol–water partition coefficient (Wildman–Crippen LogP) is 3.56. The number of benzene rings is 1. The molecule has 2 aromatic rings. The molecule has 14 heteroatoms. The zero-order chi connectivity index (χ0) is 24.2. The second-order valence-electron chi connectivity index (χ2n) is 7.77. The van der Waals surface area contributed by atoms with Gasteiger partial charge >= 0.3 is 6.18 Å². The lowest BCUT2D eigenvalue weighted by Gasteiger charge is -2.54. The number of halogens is 4. The molecule has 2 heterocycles. The summed E-state index contributed by atoms with van der Waals surface area (Å²) in [6, 6.07) is 3.65. The molecule has 4 rings (SSSR count). The second-order valence-corrected chi connectivity index (χ2v) is 10.0. The molecular formula is C19H20F4N6O3S. The lowest BCUT2D eigenvalue weighted by Crippen LogP contribution is -2.52. The normalized spacial score (nSPS) is 25.2. The van der Waals surface area contributed by atoms with Gasteiger partial charge in [-0.05, 0) is 37.5 Å². The van der Waals surface area contributed by atoms with E-state index in [1.54, 1.807) is 0 Å². The zero-order valence-electron chi connectivity index (χ0n) is 17.2. The number of nitrogens with zero attached hydrogens (tertiary/aromatic N) is 4. The first-order valence-corrected chi connectivity index (χ1v) is 11.3. The Balaban J connectivity index is 1.67. The standard InChI is InChI=1S/C19H20F4N6O3S/c1-29-17(24)28-18(6-2-3-15(18)33(29,31)32)11-7-10(4-5-12(11)20)27-16(30)13-8-26-14(9-25-13)19(21,22)23/h4-5,7-9,15,31-32H,2-3,6H2,1H3,(H2,24,28)(H,27,30)/t15-,18-/m1/s1. The van der Waals surface area contributed by atoms with Crippen molar-refractivity contribution in [1.29, 1.82) is 0 Å². The number of carbonyl (C=O) groups excluding carboxylic acids is 1. The van der Waals surface area contributed by atoms with Crippen molar-refractivity contribution >= 4 is 28.3 Å². The van der Waals surface area contributed by atoms with Gasteiger partial charge in [-0.2, -0.15) is 13.2 Å². The van der Waals surface area contributed by atoms with Crippen molar-refractivity contribution in [1.82, 2.24) is 14.3 Å². The molecular weight excluding hydrogens is 468 g/mol. The zero-order valence-corrected chi connectivity index (χ0v) is 18.0. The molecule has 5 N–H and O–H groups in total. The average molecular weight is 488 g/mol. The van der Waals surface area contributed by atoms with Crippen LogP contribution in [0.25, 0.3) is 0 Å². The van der Waals surface area contributed by atoms with Crippen LogP contribution in [0.3, 0.4) is 0 Å². The smallest absolute Gasteiger partial charge is 0.369 e. The van der Waals surface area contributed by atoms with Gasteiger partial charge in [0, 0.05) is 18.3 Å². The summed E-state index contributed by atoms with van der Waals surface area (Å²) in [6.45, 7) is 0. The molecule has 9 nitrogen and oxygen atoms in total. The summed E-state index contributed by atoms with van der Waals surface area (Å²) < 4.78 is 75.5. The number of hydrogen-bond donors (Lipinski definition) is 4. The number of aliphatic imine (C=N–C) groups is 1. The van der Waals surface area contributed by atoms with Gasteiger partial charge in [0.1, 0.15) is 17.1 Å². The first-order valence-electron chi connectivity index (χ1n) is 9.73. The van der Waals surface area contributed by atoms with Crippen LogP contribution in [-0.4, -0.2) is 47.5 Å². The van der Waals surface area contributed by atoms with E-state index < -0.39 is 45.2 Å². The number of carbonyl (C=O) groups is 1. The molecule has 0 saturated heterocycles. The van der Waals surface area contributed by atoms with Crippen LogP contribution in [0, 0.1) is 5.82 Å². The topological polar surface area (TPSA) is 137 Å². The Labute approximate surface area is 187 Å². The number of nitrogens with one attached hydrogen (secondary N) is 1. The summed E-state index contributed by atoms with van der Waals surface area (Å²) in [5.74, 6) is -1.68. The molecule has 1 aliphatic heterocycles. The number of anilines is 1. The van der Waals surface area contributed by atoms with Crippen molar-refractivity contribution in [2.24, 2.45) is 10.7 Å². The number of aromatic nitrogens is 2. The monoisotopic (exact) mass is 488 g/mol. The summed E-state index contributed by atoms with van der Waals surface area (Å²) in [4.78, 5) is 23.6. The maximum Gasteiger partial charge on any atom is 0.434 e. The molecule has 1 aromatic carbocycles. The number of rotatable bonds is 3.